The monoisotopic (exact) mass is 284 g/mol. The molecule has 0 saturated heterocycles. The van der Waals surface area contributed by atoms with Crippen LogP contribution in [-0.4, -0.2) is 9.97 Å². The first-order valence-corrected chi connectivity index (χ1v) is 6.12. The van der Waals surface area contributed by atoms with Gasteiger partial charge in [-0.1, -0.05) is 24.9 Å². The molecule has 0 radical (unpaired) electrons. The molecule has 1 aromatic carbocycles. The largest absolute Gasteiger partial charge is 0.438 e. The van der Waals surface area contributed by atoms with Crippen LogP contribution >= 0.6 is 11.6 Å². The molecule has 0 unspecified atom stereocenters. The van der Waals surface area contributed by atoms with Gasteiger partial charge in [-0.2, -0.15) is 0 Å². The zero-order valence-corrected chi connectivity index (χ0v) is 10.9. The number of rotatable bonds is 4. The van der Waals surface area contributed by atoms with Crippen molar-refractivity contribution in [3.63, 3.8) is 0 Å². The summed E-state index contributed by atoms with van der Waals surface area (Å²) in [6.07, 6.45) is 2.73. The Morgan fingerprint density at radius 3 is 2.68 bits per heavy atom. The quantitative estimate of drug-likeness (QED) is 0.791. The van der Waals surface area contributed by atoms with E-state index in [0.717, 1.165) is 18.6 Å². The van der Waals surface area contributed by atoms with Crippen LogP contribution in [0.15, 0.2) is 24.5 Å². The molecule has 1 aromatic heterocycles. The molecule has 0 amide bonds. The SMILES string of the molecule is CCCc1c(Cl)ncnc1Oc1ccc(F)c(F)c1. The van der Waals surface area contributed by atoms with Crippen LogP contribution in [0.4, 0.5) is 8.78 Å². The molecule has 2 rings (SSSR count). The maximum atomic E-state index is 13.1. The van der Waals surface area contributed by atoms with Gasteiger partial charge in [0.25, 0.3) is 0 Å². The third kappa shape index (κ3) is 3.17. The standard InChI is InChI=1S/C13H11ClF2N2O/c1-2-3-9-12(14)17-7-18-13(9)19-8-4-5-10(15)11(16)6-8/h4-7H,2-3H2,1H3. The summed E-state index contributed by atoms with van der Waals surface area (Å²) >= 11 is 5.97. The Bertz CT molecular complexity index is 593. The Morgan fingerprint density at radius 1 is 1.21 bits per heavy atom. The van der Waals surface area contributed by atoms with Crippen molar-refractivity contribution in [1.82, 2.24) is 9.97 Å². The van der Waals surface area contributed by atoms with Crippen LogP contribution in [0.1, 0.15) is 18.9 Å². The minimum absolute atomic E-state index is 0.158. The lowest BCUT2D eigenvalue weighted by Gasteiger charge is -2.10. The molecular formula is C13H11ClF2N2O. The molecule has 2 aromatic rings. The summed E-state index contributed by atoms with van der Waals surface area (Å²) in [4.78, 5) is 7.84. The topological polar surface area (TPSA) is 35.0 Å². The van der Waals surface area contributed by atoms with Crippen molar-refractivity contribution in [2.24, 2.45) is 0 Å². The van der Waals surface area contributed by atoms with E-state index < -0.39 is 11.6 Å². The second-order valence-corrected chi connectivity index (χ2v) is 4.23. The normalized spacial score (nSPS) is 10.5. The van der Waals surface area contributed by atoms with Crippen molar-refractivity contribution in [1.29, 1.82) is 0 Å². The smallest absolute Gasteiger partial charge is 0.227 e. The molecule has 3 nitrogen and oxygen atoms in total. The maximum Gasteiger partial charge on any atom is 0.227 e. The molecule has 0 fully saturated rings. The first-order valence-electron chi connectivity index (χ1n) is 5.74. The summed E-state index contributed by atoms with van der Waals surface area (Å²) in [5, 5.41) is 0.300. The fourth-order valence-electron chi connectivity index (χ4n) is 1.58. The van der Waals surface area contributed by atoms with E-state index in [-0.39, 0.29) is 11.6 Å². The molecule has 6 heteroatoms. The Balaban J connectivity index is 2.32. The van der Waals surface area contributed by atoms with E-state index in [4.69, 9.17) is 16.3 Å². The van der Waals surface area contributed by atoms with Crippen LogP contribution in [0.3, 0.4) is 0 Å². The Morgan fingerprint density at radius 2 is 2.00 bits per heavy atom. The number of hydrogen-bond donors (Lipinski definition) is 0. The van der Waals surface area contributed by atoms with E-state index in [1.54, 1.807) is 0 Å². The van der Waals surface area contributed by atoms with Gasteiger partial charge in [-0.15, -0.1) is 0 Å². The Kier molecular flexibility index (Phi) is 4.27. The van der Waals surface area contributed by atoms with Gasteiger partial charge >= 0.3 is 0 Å². The highest BCUT2D eigenvalue weighted by Crippen LogP contribution is 2.28. The van der Waals surface area contributed by atoms with E-state index in [9.17, 15) is 8.78 Å². The van der Waals surface area contributed by atoms with Crippen molar-refractivity contribution in [3.8, 4) is 11.6 Å². The summed E-state index contributed by atoms with van der Waals surface area (Å²) < 4.78 is 31.4. The van der Waals surface area contributed by atoms with Crippen molar-refractivity contribution in [3.05, 3.63) is 46.9 Å². The van der Waals surface area contributed by atoms with E-state index in [1.807, 2.05) is 6.92 Å². The second kappa shape index (κ2) is 5.93. The average Bonchev–Trinajstić information content (AvgIpc) is 2.38. The molecule has 19 heavy (non-hydrogen) atoms. The van der Waals surface area contributed by atoms with E-state index in [2.05, 4.69) is 9.97 Å². The van der Waals surface area contributed by atoms with Crippen LogP contribution in [0.25, 0.3) is 0 Å². The number of benzene rings is 1. The summed E-state index contributed by atoms with van der Waals surface area (Å²) in [5.41, 5.74) is 0.649. The van der Waals surface area contributed by atoms with Crippen molar-refractivity contribution in [2.45, 2.75) is 19.8 Å². The highest BCUT2D eigenvalue weighted by atomic mass is 35.5. The zero-order chi connectivity index (χ0) is 13.8. The number of hydrogen-bond acceptors (Lipinski definition) is 3. The first kappa shape index (κ1) is 13.7. The fourth-order valence-corrected chi connectivity index (χ4v) is 1.80. The highest BCUT2D eigenvalue weighted by molar-refractivity contribution is 6.30. The van der Waals surface area contributed by atoms with Crippen LogP contribution in [0, 0.1) is 11.6 Å². The number of halogens is 3. The average molecular weight is 285 g/mol. The second-order valence-electron chi connectivity index (χ2n) is 3.88. The minimum atomic E-state index is -0.977. The van der Waals surface area contributed by atoms with Crippen LogP contribution in [0.5, 0.6) is 11.6 Å². The molecule has 0 N–H and O–H groups in total. The molecule has 0 saturated carbocycles. The predicted octanol–water partition coefficient (Wildman–Crippen LogP) is 4.15. The van der Waals surface area contributed by atoms with Gasteiger partial charge in [0.15, 0.2) is 11.6 Å². The van der Waals surface area contributed by atoms with Crippen molar-refractivity contribution >= 4 is 11.6 Å². The zero-order valence-electron chi connectivity index (χ0n) is 10.2. The summed E-state index contributed by atoms with van der Waals surface area (Å²) in [6, 6.07) is 3.28. The van der Waals surface area contributed by atoms with Gasteiger partial charge in [-0.3, -0.25) is 0 Å². The lowest BCUT2D eigenvalue weighted by Crippen LogP contribution is -1.98. The first-order chi connectivity index (χ1) is 9.11. The highest BCUT2D eigenvalue weighted by Gasteiger charge is 2.12. The van der Waals surface area contributed by atoms with Gasteiger partial charge in [-0.25, -0.2) is 18.7 Å². The molecule has 0 spiro atoms. The van der Waals surface area contributed by atoms with Gasteiger partial charge in [0, 0.05) is 6.07 Å². The molecule has 0 aliphatic carbocycles. The van der Waals surface area contributed by atoms with Gasteiger partial charge in [0.05, 0.1) is 5.56 Å². The summed E-state index contributed by atoms with van der Waals surface area (Å²) in [7, 11) is 0. The summed E-state index contributed by atoms with van der Waals surface area (Å²) in [6.45, 7) is 1.98. The molecule has 100 valence electrons. The van der Waals surface area contributed by atoms with Gasteiger partial charge < -0.3 is 4.74 Å². The maximum absolute atomic E-state index is 13.1. The van der Waals surface area contributed by atoms with Gasteiger partial charge in [0.1, 0.15) is 17.2 Å². The molecule has 0 bridgehead atoms. The van der Waals surface area contributed by atoms with Gasteiger partial charge in [0.2, 0.25) is 5.88 Å². The molecular weight excluding hydrogens is 274 g/mol. The van der Waals surface area contributed by atoms with Crippen molar-refractivity contribution in [2.75, 3.05) is 0 Å². The van der Waals surface area contributed by atoms with Gasteiger partial charge in [-0.05, 0) is 18.6 Å². The van der Waals surface area contributed by atoms with E-state index in [1.165, 1.54) is 12.4 Å². The fraction of sp³-hybridized carbons (Fsp3) is 0.231. The molecule has 0 aliphatic rings. The summed E-state index contributed by atoms with van der Waals surface area (Å²) in [5.74, 6) is -1.49. The van der Waals surface area contributed by atoms with Crippen LogP contribution in [0.2, 0.25) is 5.15 Å². The molecule has 1 heterocycles. The van der Waals surface area contributed by atoms with E-state index in [0.29, 0.717) is 17.1 Å². The third-order valence-electron chi connectivity index (χ3n) is 2.46. The minimum Gasteiger partial charge on any atom is -0.438 e. The Labute approximate surface area is 114 Å². The number of nitrogens with zero attached hydrogens (tertiary/aromatic N) is 2. The lowest BCUT2D eigenvalue weighted by molar-refractivity contribution is 0.441. The van der Waals surface area contributed by atoms with Crippen LogP contribution < -0.4 is 4.74 Å². The van der Waals surface area contributed by atoms with E-state index >= 15 is 0 Å². The van der Waals surface area contributed by atoms with Crippen LogP contribution in [-0.2, 0) is 6.42 Å². The third-order valence-corrected chi connectivity index (χ3v) is 2.78. The van der Waals surface area contributed by atoms with Crippen molar-refractivity contribution < 1.29 is 13.5 Å². The number of ether oxygens (including phenoxy) is 1. The molecule has 0 aliphatic heterocycles. The predicted molar refractivity (Wildman–Crippen MR) is 67.5 cm³/mol. The Hall–Kier alpha value is -1.75. The number of aromatic nitrogens is 2. The molecule has 0 atom stereocenters. The lowest BCUT2D eigenvalue weighted by atomic mass is 10.2.